The van der Waals surface area contributed by atoms with Crippen molar-refractivity contribution in [1.82, 2.24) is 29.4 Å². The third-order valence-electron chi connectivity index (χ3n) is 6.13. The van der Waals surface area contributed by atoms with Crippen LogP contribution in [0.3, 0.4) is 0 Å². The lowest BCUT2D eigenvalue weighted by molar-refractivity contribution is -0.130. The van der Waals surface area contributed by atoms with Crippen LogP contribution in [-0.2, 0) is 30.7 Å². The Bertz CT molecular complexity index is 1080. The third-order valence-corrected chi connectivity index (χ3v) is 6.13. The number of carbonyl (C=O) groups excluding carboxylic acids is 1. The van der Waals surface area contributed by atoms with Crippen LogP contribution in [0.25, 0.3) is 11.3 Å². The van der Waals surface area contributed by atoms with E-state index in [1.165, 1.54) is 4.68 Å². The van der Waals surface area contributed by atoms with Crippen LogP contribution in [0.15, 0.2) is 41.2 Å². The molecule has 0 aliphatic carbocycles. The number of aryl methyl sites for hydroxylation is 2. The number of likely N-dealkylation sites (N-methyl/N-ethyl adjacent to an activating group) is 1. The predicted molar refractivity (Wildman–Crippen MR) is 123 cm³/mol. The first kappa shape index (κ1) is 22.0. The normalized spacial score (nSPS) is 13.5. The molecular weight excluding hydrogens is 404 g/mol. The lowest BCUT2D eigenvalue weighted by atomic mass is 10.1. The number of amides is 1. The van der Waals surface area contributed by atoms with Gasteiger partial charge in [-0.05, 0) is 38.2 Å². The van der Waals surface area contributed by atoms with Gasteiger partial charge in [0.1, 0.15) is 12.4 Å². The Morgan fingerprint density at radius 3 is 2.81 bits per heavy atom. The fraction of sp³-hybridized carbons (Fsp3) is 0.500. The fourth-order valence-corrected chi connectivity index (χ4v) is 4.19. The van der Waals surface area contributed by atoms with Gasteiger partial charge in [-0.2, -0.15) is 10.2 Å². The molecule has 8 heteroatoms. The molecule has 8 nitrogen and oxygen atoms in total. The molecule has 0 spiro atoms. The number of carbonyl (C=O) groups is 1. The number of unbranched alkanes of at least 4 members (excludes halogenated alkanes) is 2. The number of hydrogen-bond acceptors (Lipinski definition) is 4. The van der Waals surface area contributed by atoms with E-state index in [2.05, 4.69) is 33.5 Å². The Labute approximate surface area is 188 Å². The molecule has 1 aromatic carbocycles. The zero-order valence-corrected chi connectivity index (χ0v) is 18.8. The van der Waals surface area contributed by atoms with Crippen molar-refractivity contribution in [3.8, 4) is 11.3 Å². The number of nitrogens with zero attached hydrogens (tertiary/aromatic N) is 5. The zero-order valence-electron chi connectivity index (χ0n) is 18.8. The van der Waals surface area contributed by atoms with E-state index in [-0.39, 0.29) is 18.1 Å². The molecule has 1 amide bonds. The van der Waals surface area contributed by atoms with Crippen molar-refractivity contribution in [1.29, 1.82) is 0 Å². The first-order valence-corrected chi connectivity index (χ1v) is 11.6. The number of H-pyrrole nitrogens is 1. The monoisotopic (exact) mass is 436 g/mol. The lowest BCUT2D eigenvalue weighted by Crippen LogP contribution is -2.35. The summed E-state index contributed by atoms with van der Waals surface area (Å²) in [6.45, 7) is 1.41. The summed E-state index contributed by atoms with van der Waals surface area (Å²) in [6.07, 6.45) is 7.91. The Balaban J connectivity index is 1.19. The number of fused-ring (bicyclic) bond motifs is 1. The summed E-state index contributed by atoms with van der Waals surface area (Å²) in [7, 11) is 1.80. The highest BCUT2D eigenvalue weighted by atomic mass is 16.2. The van der Waals surface area contributed by atoms with E-state index in [0.29, 0.717) is 13.1 Å². The first-order valence-electron chi connectivity index (χ1n) is 11.6. The summed E-state index contributed by atoms with van der Waals surface area (Å²) >= 11 is 0. The molecule has 0 saturated heterocycles. The van der Waals surface area contributed by atoms with E-state index in [4.69, 9.17) is 0 Å². The van der Waals surface area contributed by atoms with E-state index in [0.717, 1.165) is 74.1 Å². The summed E-state index contributed by atoms with van der Waals surface area (Å²) in [5.41, 5.74) is 3.06. The average Bonchev–Trinajstić information content (AvgIpc) is 3.31. The molecule has 0 unspecified atom stereocenters. The highest BCUT2D eigenvalue weighted by Gasteiger charge is 2.18. The van der Waals surface area contributed by atoms with E-state index < -0.39 is 0 Å². The van der Waals surface area contributed by atoms with Gasteiger partial charge in [0, 0.05) is 37.8 Å². The number of aromatic amines is 1. The van der Waals surface area contributed by atoms with Crippen molar-refractivity contribution in [2.75, 3.05) is 13.6 Å². The molecule has 0 saturated carbocycles. The maximum Gasteiger partial charge on any atom is 0.346 e. The van der Waals surface area contributed by atoms with Crippen molar-refractivity contribution < 1.29 is 4.79 Å². The smallest absolute Gasteiger partial charge is 0.344 e. The Kier molecular flexibility index (Phi) is 7.19. The molecule has 32 heavy (non-hydrogen) atoms. The SMILES string of the molecule is CN(CCCCCc1cc(-c2ccccc2)n[nH]1)C(=O)Cn1nc2n(c1=O)CCCCC2. The molecule has 1 aliphatic heterocycles. The Morgan fingerprint density at radius 1 is 1.12 bits per heavy atom. The number of hydrogen-bond donors (Lipinski definition) is 1. The summed E-state index contributed by atoms with van der Waals surface area (Å²) in [5, 5.41) is 11.9. The van der Waals surface area contributed by atoms with E-state index in [1.807, 2.05) is 18.2 Å². The van der Waals surface area contributed by atoms with Gasteiger partial charge in [0.2, 0.25) is 5.91 Å². The summed E-state index contributed by atoms with van der Waals surface area (Å²) in [6, 6.07) is 12.2. The number of benzene rings is 1. The zero-order chi connectivity index (χ0) is 22.3. The minimum Gasteiger partial charge on any atom is -0.344 e. The maximum atomic E-state index is 12.6. The fourth-order valence-electron chi connectivity index (χ4n) is 4.19. The molecule has 0 fully saturated rings. The van der Waals surface area contributed by atoms with Crippen LogP contribution in [0.4, 0.5) is 0 Å². The largest absolute Gasteiger partial charge is 0.346 e. The Morgan fingerprint density at radius 2 is 1.97 bits per heavy atom. The molecule has 0 bridgehead atoms. The van der Waals surface area contributed by atoms with Gasteiger partial charge in [0.15, 0.2) is 0 Å². The molecule has 0 atom stereocenters. The number of rotatable bonds is 9. The summed E-state index contributed by atoms with van der Waals surface area (Å²) in [4.78, 5) is 26.8. The molecule has 3 heterocycles. The lowest BCUT2D eigenvalue weighted by Gasteiger charge is -2.16. The second-order valence-electron chi connectivity index (χ2n) is 8.59. The van der Waals surface area contributed by atoms with Crippen LogP contribution in [0.1, 0.15) is 50.0 Å². The molecule has 3 aromatic rings. The highest BCUT2D eigenvalue weighted by Crippen LogP contribution is 2.18. The van der Waals surface area contributed by atoms with E-state index in [1.54, 1.807) is 16.5 Å². The van der Waals surface area contributed by atoms with Gasteiger partial charge in [0.05, 0.1) is 5.69 Å². The predicted octanol–water partition coefficient (Wildman–Crippen LogP) is 3.03. The van der Waals surface area contributed by atoms with Gasteiger partial charge in [0.25, 0.3) is 0 Å². The second-order valence-corrected chi connectivity index (χ2v) is 8.59. The molecular formula is C24H32N6O2. The van der Waals surface area contributed by atoms with Crippen molar-refractivity contribution in [2.45, 2.75) is 64.5 Å². The van der Waals surface area contributed by atoms with Crippen molar-refractivity contribution in [3.63, 3.8) is 0 Å². The van der Waals surface area contributed by atoms with Crippen molar-refractivity contribution >= 4 is 5.91 Å². The van der Waals surface area contributed by atoms with Crippen LogP contribution in [0.2, 0.25) is 0 Å². The molecule has 170 valence electrons. The number of aromatic nitrogens is 5. The average molecular weight is 437 g/mol. The Hall–Kier alpha value is -3.16. The van der Waals surface area contributed by atoms with Crippen LogP contribution in [0, 0.1) is 0 Å². The van der Waals surface area contributed by atoms with Gasteiger partial charge in [-0.15, -0.1) is 0 Å². The molecule has 4 rings (SSSR count). The molecule has 2 aromatic heterocycles. The summed E-state index contributed by atoms with van der Waals surface area (Å²) < 4.78 is 3.07. The molecule has 1 aliphatic rings. The highest BCUT2D eigenvalue weighted by molar-refractivity contribution is 5.75. The standard InChI is InChI=1S/C24H32N6O2/c1-28(23(31)18-30-24(32)29-16-10-4-8-14-22(29)27-30)15-9-3-7-13-20-17-21(26-25-20)19-11-5-2-6-12-19/h2,5-6,11-12,17H,3-4,7-10,13-16,18H2,1H3,(H,25,26). The van der Waals surface area contributed by atoms with Gasteiger partial charge >= 0.3 is 5.69 Å². The third kappa shape index (κ3) is 5.36. The van der Waals surface area contributed by atoms with E-state index >= 15 is 0 Å². The van der Waals surface area contributed by atoms with Crippen LogP contribution >= 0.6 is 0 Å². The maximum absolute atomic E-state index is 12.6. The minimum atomic E-state index is -0.155. The minimum absolute atomic E-state index is 0.0196. The van der Waals surface area contributed by atoms with E-state index in [9.17, 15) is 9.59 Å². The quantitative estimate of drug-likeness (QED) is 0.522. The first-order chi connectivity index (χ1) is 15.6. The van der Waals surface area contributed by atoms with Gasteiger partial charge < -0.3 is 4.90 Å². The van der Waals surface area contributed by atoms with Crippen LogP contribution < -0.4 is 5.69 Å². The van der Waals surface area contributed by atoms with Crippen LogP contribution in [-0.4, -0.2) is 48.9 Å². The van der Waals surface area contributed by atoms with Crippen molar-refractivity contribution in [3.05, 3.63) is 58.4 Å². The van der Waals surface area contributed by atoms with Crippen molar-refractivity contribution in [2.24, 2.45) is 0 Å². The van der Waals surface area contributed by atoms with Gasteiger partial charge in [-0.3, -0.25) is 14.5 Å². The second kappa shape index (κ2) is 10.4. The molecule has 0 radical (unpaired) electrons. The topological polar surface area (TPSA) is 88.8 Å². The summed E-state index contributed by atoms with van der Waals surface area (Å²) in [5.74, 6) is 0.749. The number of nitrogens with one attached hydrogen (secondary N) is 1. The molecule has 1 N–H and O–H groups in total. The van der Waals surface area contributed by atoms with Gasteiger partial charge in [-0.25, -0.2) is 9.48 Å². The van der Waals surface area contributed by atoms with Gasteiger partial charge in [-0.1, -0.05) is 43.2 Å². The van der Waals surface area contributed by atoms with Crippen LogP contribution in [0.5, 0.6) is 0 Å².